The Kier molecular flexibility index (Phi) is 4.02. The zero-order chi connectivity index (χ0) is 18.9. The molecule has 27 heavy (non-hydrogen) atoms. The van der Waals surface area contributed by atoms with Gasteiger partial charge in [0.1, 0.15) is 5.02 Å². The number of anilines is 1. The van der Waals surface area contributed by atoms with E-state index in [1.54, 1.807) is 24.4 Å². The van der Waals surface area contributed by atoms with E-state index in [9.17, 15) is 9.59 Å². The van der Waals surface area contributed by atoms with Gasteiger partial charge in [0.25, 0.3) is 0 Å². The molecular weight excluding hydrogens is 413 g/mol. The topological polar surface area (TPSA) is 64.4 Å². The molecule has 2 bridgehead atoms. The molecule has 4 atom stereocenters. The number of carbonyl (C=O) groups is 2. The zero-order valence-electron chi connectivity index (χ0n) is 13.9. The van der Waals surface area contributed by atoms with Crippen molar-refractivity contribution < 1.29 is 14.3 Å². The molecule has 1 aromatic heterocycles. The number of imide groups is 1. The third-order valence-electron chi connectivity index (χ3n) is 5.58. The first-order valence-corrected chi connectivity index (χ1v) is 9.78. The molecule has 2 aromatic rings. The van der Waals surface area contributed by atoms with Crippen LogP contribution in [0.1, 0.15) is 18.4 Å². The van der Waals surface area contributed by atoms with Crippen molar-refractivity contribution in [2.24, 2.45) is 11.8 Å². The third-order valence-corrected chi connectivity index (χ3v) is 6.55. The Morgan fingerprint density at radius 3 is 2.19 bits per heavy atom. The number of rotatable bonds is 3. The van der Waals surface area contributed by atoms with E-state index in [0.717, 1.165) is 17.7 Å². The molecule has 0 radical (unpaired) electrons. The van der Waals surface area contributed by atoms with E-state index >= 15 is 0 Å². The maximum atomic E-state index is 12.9. The summed E-state index contributed by atoms with van der Waals surface area (Å²) in [6.07, 6.45) is 2.84. The van der Waals surface area contributed by atoms with E-state index in [1.165, 1.54) is 4.68 Å². The van der Waals surface area contributed by atoms with Crippen molar-refractivity contribution in [1.82, 2.24) is 9.78 Å². The summed E-state index contributed by atoms with van der Waals surface area (Å²) in [4.78, 5) is 26.9. The van der Waals surface area contributed by atoms with Crippen LogP contribution in [-0.4, -0.2) is 33.8 Å². The molecule has 3 fully saturated rings. The number of fused-ring (bicyclic) bond motifs is 5. The summed E-state index contributed by atoms with van der Waals surface area (Å²) in [5.74, 6) is -1.24. The second-order valence-electron chi connectivity index (χ2n) is 7.05. The standard InChI is InChI=1S/C18H14Cl3N3O3/c19-9-2-1-3-10(20)8(9)6-23-7-11(21)16(22-23)24-17(25)14-12-4-5-13(27-12)15(14)18(24)26/h1-3,7,12-15H,4-6H2/t12-,13-,14-,15-/m1/s1. The van der Waals surface area contributed by atoms with Gasteiger partial charge in [-0.15, -0.1) is 0 Å². The number of nitrogens with zero attached hydrogens (tertiary/aromatic N) is 3. The van der Waals surface area contributed by atoms with Gasteiger partial charge in [0, 0.05) is 21.8 Å². The van der Waals surface area contributed by atoms with Crippen molar-refractivity contribution >= 4 is 52.4 Å². The summed E-state index contributed by atoms with van der Waals surface area (Å²) in [7, 11) is 0. The summed E-state index contributed by atoms with van der Waals surface area (Å²) >= 11 is 18.7. The fourth-order valence-electron chi connectivity index (χ4n) is 4.39. The van der Waals surface area contributed by atoms with E-state index in [1.807, 2.05) is 0 Å². The van der Waals surface area contributed by atoms with Crippen LogP contribution in [0.2, 0.25) is 15.1 Å². The average molecular weight is 427 g/mol. The monoisotopic (exact) mass is 425 g/mol. The molecule has 9 heteroatoms. The molecule has 1 aromatic carbocycles. The minimum Gasteiger partial charge on any atom is -0.373 e. The van der Waals surface area contributed by atoms with Gasteiger partial charge in [0.15, 0.2) is 5.82 Å². The van der Waals surface area contributed by atoms with Crippen LogP contribution < -0.4 is 4.90 Å². The molecule has 4 heterocycles. The molecule has 0 aliphatic carbocycles. The molecular formula is C18H14Cl3N3O3. The Morgan fingerprint density at radius 2 is 1.59 bits per heavy atom. The van der Waals surface area contributed by atoms with Crippen molar-refractivity contribution in [3.63, 3.8) is 0 Å². The van der Waals surface area contributed by atoms with Gasteiger partial charge < -0.3 is 4.74 Å². The van der Waals surface area contributed by atoms with Crippen molar-refractivity contribution in [3.8, 4) is 0 Å². The van der Waals surface area contributed by atoms with Gasteiger partial charge in [-0.25, -0.2) is 4.90 Å². The van der Waals surface area contributed by atoms with Crippen molar-refractivity contribution in [3.05, 3.63) is 45.0 Å². The molecule has 6 nitrogen and oxygen atoms in total. The zero-order valence-corrected chi connectivity index (χ0v) is 16.2. The molecule has 3 aliphatic rings. The predicted molar refractivity (Wildman–Crippen MR) is 100 cm³/mol. The number of benzene rings is 1. The second kappa shape index (κ2) is 6.21. The first kappa shape index (κ1) is 17.5. The smallest absolute Gasteiger partial charge is 0.241 e. The lowest BCUT2D eigenvalue weighted by Crippen LogP contribution is -2.34. The second-order valence-corrected chi connectivity index (χ2v) is 8.27. The Labute approximate surface area is 169 Å². The lowest BCUT2D eigenvalue weighted by molar-refractivity contribution is -0.124. The largest absolute Gasteiger partial charge is 0.373 e. The van der Waals surface area contributed by atoms with Crippen LogP contribution >= 0.6 is 34.8 Å². The number of amides is 2. The summed E-state index contributed by atoms with van der Waals surface area (Å²) in [6, 6.07) is 5.23. The first-order valence-electron chi connectivity index (χ1n) is 8.65. The molecule has 0 N–H and O–H groups in total. The number of hydrogen-bond donors (Lipinski definition) is 0. The number of carbonyl (C=O) groups excluding carboxylic acids is 2. The molecule has 2 amide bonds. The summed E-state index contributed by atoms with van der Waals surface area (Å²) in [6.45, 7) is 0.273. The highest BCUT2D eigenvalue weighted by atomic mass is 35.5. The molecule has 140 valence electrons. The van der Waals surface area contributed by atoms with Crippen LogP contribution in [0, 0.1) is 11.8 Å². The van der Waals surface area contributed by atoms with Gasteiger partial charge in [-0.05, 0) is 25.0 Å². The molecule has 3 saturated heterocycles. The van der Waals surface area contributed by atoms with Crippen LogP contribution in [-0.2, 0) is 20.9 Å². The van der Waals surface area contributed by atoms with Gasteiger partial charge in [0.05, 0.1) is 30.6 Å². The molecule has 0 spiro atoms. The van der Waals surface area contributed by atoms with E-state index in [0.29, 0.717) is 15.6 Å². The summed E-state index contributed by atoms with van der Waals surface area (Å²) in [5, 5.41) is 5.62. The van der Waals surface area contributed by atoms with Crippen molar-refractivity contribution in [2.45, 2.75) is 31.6 Å². The van der Waals surface area contributed by atoms with Crippen LogP contribution in [0.3, 0.4) is 0 Å². The quantitative estimate of drug-likeness (QED) is 0.704. The van der Waals surface area contributed by atoms with E-state index < -0.39 is 11.8 Å². The minimum absolute atomic E-state index is 0.156. The van der Waals surface area contributed by atoms with Gasteiger partial charge in [-0.3, -0.25) is 14.3 Å². The Morgan fingerprint density at radius 1 is 1.00 bits per heavy atom. The lowest BCUT2D eigenvalue weighted by Gasteiger charge is -2.15. The number of hydrogen-bond acceptors (Lipinski definition) is 4. The fraction of sp³-hybridized carbons (Fsp3) is 0.389. The lowest BCUT2D eigenvalue weighted by atomic mass is 9.81. The van der Waals surface area contributed by atoms with Gasteiger partial charge in [-0.2, -0.15) is 5.10 Å². The van der Waals surface area contributed by atoms with E-state index in [4.69, 9.17) is 39.5 Å². The SMILES string of the molecule is O=C1[C@H]2[C@H](C(=O)N1c1nn(Cc3c(Cl)cccc3Cl)cc1Cl)[C@H]1CC[C@H]2O1. The van der Waals surface area contributed by atoms with Crippen molar-refractivity contribution in [1.29, 1.82) is 0 Å². The van der Waals surface area contributed by atoms with E-state index in [-0.39, 0.29) is 41.4 Å². The first-order chi connectivity index (χ1) is 13.0. The van der Waals surface area contributed by atoms with Crippen LogP contribution in [0.15, 0.2) is 24.4 Å². The molecule has 3 aliphatic heterocycles. The number of ether oxygens (including phenoxy) is 1. The Bertz CT molecular complexity index is 928. The van der Waals surface area contributed by atoms with Crippen molar-refractivity contribution in [2.75, 3.05) is 4.90 Å². The average Bonchev–Trinajstić information content (AvgIpc) is 3.36. The van der Waals surface area contributed by atoms with Gasteiger partial charge in [0.2, 0.25) is 11.8 Å². The summed E-state index contributed by atoms with van der Waals surface area (Å²) in [5.41, 5.74) is 0.689. The van der Waals surface area contributed by atoms with Gasteiger partial charge in [-0.1, -0.05) is 40.9 Å². The normalized spacial score (nSPS) is 29.1. The van der Waals surface area contributed by atoms with Gasteiger partial charge >= 0.3 is 0 Å². The molecule has 0 saturated carbocycles. The maximum absolute atomic E-state index is 12.9. The fourth-order valence-corrected chi connectivity index (χ4v) is 5.14. The highest BCUT2D eigenvalue weighted by molar-refractivity contribution is 6.36. The van der Waals surface area contributed by atoms with Crippen LogP contribution in [0.25, 0.3) is 0 Å². The van der Waals surface area contributed by atoms with E-state index in [2.05, 4.69) is 5.10 Å². The van der Waals surface area contributed by atoms with Crippen LogP contribution in [0.5, 0.6) is 0 Å². The molecule has 0 unspecified atom stereocenters. The maximum Gasteiger partial charge on any atom is 0.241 e. The number of aromatic nitrogens is 2. The highest BCUT2D eigenvalue weighted by Crippen LogP contribution is 2.49. The molecule has 5 rings (SSSR count). The number of halogens is 3. The Balaban J connectivity index is 1.47. The Hall–Kier alpha value is -1.60. The highest BCUT2D eigenvalue weighted by Gasteiger charge is 2.63. The minimum atomic E-state index is -0.421. The predicted octanol–water partition coefficient (Wildman–Crippen LogP) is 3.56. The summed E-state index contributed by atoms with van der Waals surface area (Å²) < 4.78 is 7.28. The third kappa shape index (κ3) is 2.54. The van der Waals surface area contributed by atoms with Crippen LogP contribution in [0.4, 0.5) is 5.82 Å².